The lowest BCUT2D eigenvalue weighted by Crippen LogP contribution is -2.09. The molecule has 0 bridgehead atoms. The Balaban J connectivity index is 2.68. The van der Waals surface area contributed by atoms with Crippen molar-refractivity contribution < 1.29 is 0 Å². The van der Waals surface area contributed by atoms with E-state index in [-0.39, 0.29) is 5.41 Å². The van der Waals surface area contributed by atoms with Crippen LogP contribution in [0.2, 0.25) is 0 Å². The molecule has 62 valence electrons. The lowest BCUT2D eigenvalue weighted by Gasteiger charge is -2.22. The third-order valence-electron chi connectivity index (χ3n) is 2.33. The van der Waals surface area contributed by atoms with Gasteiger partial charge in [0, 0.05) is 0 Å². The fourth-order valence-electron chi connectivity index (χ4n) is 1.43. The van der Waals surface area contributed by atoms with E-state index in [1.54, 1.807) is 0 Å². The van der Waals surface area contributed by atoms with Crippen molar-refractivity contribution in [3.05, 3.63) is 23.8 Å². The van der Waals surface area contributed by atoms with Crippen LogP contribution in [0.15, 0.2) is 23.8 Å². The first-order valence-corrected chi connectivity index (χ1v) is 4.40. The summed E-state index contributed by atoms with van der Waals surface area (Å²) in [5.41, 5.74) is 3.09. The van der Waals surface area contributed by atoms with Gasteiger partial charge in [-0.3, -0.25) is 0 Å². The zero-order valence-corrected chi connectivity index (χ0v) is 7.91. The molecule has 0 nitrogen and oxygen atoms in total. The van der Waals surface area contributed by atoms with Gasteiger partial charge in [0.1, 0.15) is 0 Å². The Morgan fingerprint density at radius 1 is 1.45 bits per heavy atom. The first kappa shape index (κ1) is 8.58. The van der Waals surface area contributed by atoms with Crippen molar-refractivity contribution >= 4 is 0 Å². The minimum atomic E-state index is 0.260. The Labute approximate surface area is 70.0 Å². The quantitative estimate of drug-likeness (QED) is 0.534. The van der Waals surface area contributed by atoms with Crippen LogP contribution in [0.5, 0.6) is 0 Å². The van der Waals surface area contributed by atoms with E-state index in [0.717, 1.165) is 0 Å². The van der Waals surface area contributed by atoms with Crippen LogP contribution in [0.4, 0.5) is 0 Å². The summed E-state index contributed by atoms with van der Waals surface area (Å²) in [5.74, 6) is 0. The van der Waals surface area contributed by atoms with Gasteiger partial charge in [0.15, 0.2) is 0 Å². The monoisotopic (exact) mass is 150 g/mol. The molecule has 0 saturated carbocycles. The van der Waals surface area contributed by atoms with Crippen molar-refractivity contribution in [3.63, 3.8) is 0 Å². The number of hydrogen-bond donors (Lipinski definition) is 0. The van der Waals surface area contributed by atoms with E-state index >= 15 is 0 Å². The summed E-state index contributed by atoms with van der Waals surface area (Å²) in [6.07, 6.45) is 6.17. The maximum Gasteiger partial charge on any atom is -0.0135 e. The Morgan fingerprint density at radius 2 is 2.09 bits per heavy atom. The molecular formula is C11H18. The summed E-state index contributed by atoms with van der Waals surface area (Å²) in [7, 11) is 0. The average Bonchev–Trinajstić information content (AvgIpc) is 2.34. The van der Waals surface area contributed by atoms with E-state index in [4.69, 9.17) is 0 Å². The molecule has 0 saturated heterocycles. The predicted octanol–water partition coefficient (Wildman–Crippen LogP) is 3.70. The fraction of sp³-hybridized carbons (Fsp3) is 0.636. The summed E-state index contributed by atoms with van der Waals surface area (Å²) >= 11 is 0. The highest BCUT2D eigenvalue weighted by molar-refractivity contribution is 5.34. The SMILES string of the molecule is C=C(C1=CCCC1)C(C)(C)C. The van der Waals surface area contributed by atoms with Crippen LogP contribution in [0.1, 0.15) is 40.0 Å². The van der Waals surface area contributed by atoms with E-state index in [1.807, 2.05) is 0 Å². The molecule has 1 aliphatic carbocycles. The molecule has 0 unspecified atom stereocenters. The van der Waals surface area contributed by atoms with Crippen molar-refractivity contribution in [1.29, 1.82) is 0 Å². The molecule has 0 spiro atoms. The summed E-state index contributed by atoms with van der Waals surface area (Å²) in [4.78, 5) is 0. The Bertz CT molecular complexity index is 189. The van der Waals surface area contributed by atoms with Crippen LogP contribution in [0, 0.1) is 5.41 Å². The third kappa shape index (κ3) is 1.95. The van der Waals surface area contributed by atoms with Gasteiger partial charge in [-0.15, -0.1) is 0 Å². The molecule has 0 heterocycles. The van der Waals surface area contributed by atoms with Crippen molar-refractivity contribution in [2.45, 2.75) is 40.0 Å². The lowest BCUT2D eigenvalue weighted by atomic mass is 9.83. The number of rotatable bonds is 1. The molecule has 1 aliphatic rings. The second-order valence-electron chi connectivity index (χ2n) is 4.35. The highest BCUT2D eigenvalue weighted by atomic mass is 14.2. The minimum Gasteiger partial charge on any atom is -0.0950 e. The van der Waals surface area contributed by atoms with E-state index in [9.17, 15) is 0 Å². The van der Waals surface area contributed by atoms with Crippen LogP contribution in [0.3, 0.4) is 0 Å². The Kier molecular flexibility index (Phi) is 2.22. The Morgan fingerprint density at radius 3 is 2.45 bits per heavy atom. The van der Waals surface area contributed by atoms with E-state index in [2.05, 4.69) is 33.4 Å². The van der Waals surface area contributed by atoms with Gasteiger partial charge in [-0.2, -0.15) is 0 Å². The summed E-state index contributed by atoms with van der Waals surface area (Å²) < 4.78 is 0. The van der Waals surface area contributed by atoms with Crippen LogP contribution >= 0.6 is 0 Å². The molecule has 11 heavy (non-hydrogen) atoms. The lowest BCUT2D eigenvalue weighted by molar-refractivity contribution is 0.509. The summed E-state index contributed by atoms with van der Waals surface area (Å²) in [6, 6.07) is 0. The van der Waals surface area contributed by atoms with Gasteiger partial charge >= 0.3 is 0 Å². The molecule has 0 aromatic rings. The normalized spacial score (nSPS) is 18.3. The van der Waals surface area contributed by atoms with Gasteiger partial charge in [0.2, 0.25) is 0 Å². The zero-order chi connectivity index (χ0) is 8.48. The largest absolute Gasteiger partial charge is 0.0950 e. The van der Waals surface area contributed by atoms with Gasteiger partial charge in [-0.1, -0.05) is 33.4 Å². The Hall–Kier alpha value is -0.520. The van der Waals surface area contributed by atoms with E-state index in [1.165, 1.54) is 30.4 Å². The van der Waals surface area contributed by atoms with Gasteiger partial charge in [0.25, 0.3) is 0 Å². The molecule has 1 rings (SSSR count). The molecule has 0 radical (unpaired) electrons. The van der Waals surface area contributed by atoms with Crippen molar-refractivity contribution in [2.75, 3.05) is 0 Å². The van der Waals surface area contributed by atoms with Crippen molar-refractivity contribution in [1.82, 2.24) is 0 Å². The molecule has 0 N–H and O–H groups in total. The maximum absolute atomic E-state index is 4.14. The minimum absolute atomic E-state index is 0.260. The zero-order valence-electron chi connectivity index (χ0n) is 7.91. The maximum atomic E-state index is 4.14. The molecule has 0 fully saturated rings. The van der Waals surface area contributed by atoms with Crippen LogP contribution in [-0.4, -0.2) is 0 Å². The first-order valence-electron chi connectivity index (χ1n) is 4.40. The average molecular weight is 150 g/mol. The van der Waals surface area contributed by atoms with Gasteiger partial charge in [-0.05, 0) is 35.8 Å². The highest BCUT2D eigenvalue weighted by Crippen LogP contribution is 2.34. The van der Waals surface area contributed by atoms with E-state index in [0.29, 0.717) is 0 Å². The van der Waals surface area contributed by atoms with Gasteiger partial charge < -0.3 is 0 Å². The smallest absolute Gasteiger partial charge is 0.0135 e. The fourth-order valence-corrected chi connectivity index (χ4v) is 1.43. The number of hydrogen-bond acceptors (Lipinski definition) is 0. The first-order chi connectivity index (χ1) is 5.02. The predicted molar refractivity (Wildman–Crippen MR) is 50.5 cm³/mol. The number of allylic oxidation sites excluding steroid dienone is 3. The van der Waals surface area contributed by atoms with Crippen molar-refractivity contribution in [2.24, 2.45) is 5.41 Å². The molecule has 0 aliphatic heterocycles. The van der Waals surface area contributed by atoms with Crippen molar-refractivity contribution in [3.8, 4) is 0 Å². The molecule has 0 atom stereocenters. The molecule has 0 amide bonds. The third-order valence-corrected chi connectivity index (χ3v) is 2.33. The van der Waals surface area contributed by atoms with Crippen LogP contribution in [0.25, 0.3) is 0 Å². The van der Waals surface area contributed by atoms with Crippen LogP contribution < -0.4 is 0 Å². The van der Waals surface area contributed by atoms with Gasteiger partial charge in [-0.25, -0.2) is 0 Å². The molecule has 0 aromatic carbocycles. The standard InChI is InChI=1S/C11H18/c1-9(11(2,3)4)10-7-5-6-8-10/h7H,1,5-6,8H2,2-4H3. The summed E-state index contributed by atoms with van der Waals surface area (Å²) in [6.45, 7) is 10.8. The molecule has 0 aromatic heterocycles. The van der Waals surface area contributed by atoms with Crippen LogP contribution in [-0.2, 0) is 0 Å². The summed E-state index contributed by atoms with van der Waals surface area (Å²) in [5, 5.41) is 0. The van der Waals surface area contributed by atoms with E-state index < -0.39 is 0 Å². The topological polar surface area (TPSA) is 0 Å². The molecular weight excluding hydrogens is 132 g/mol. The second-order valence-corrected chi connectivity index (χ2v) is 4.35. The highest BCUT2D eigenvalue weighted by Gasteiger charge is 2.19. The second kappa shape index (κ2) is 2.84. The van der Waals surface area contributed by atoms with Gasteiger partial charge in [0.05, 0.1) is 0 Å². The molecule has 0 heteroatoms.